The predicted molar refractivity (Wildman–Crippen MR) is 83.5 cm³/mol. The van der Waals surface area contributed by atoms with Crippen LogP contribution in [0.2, 0.25) is 0 Å². The number of thiophene rings is 1. The average Bonchev–Trinajstić information content (AvgIpc) is 2.81. The van der Waals surface area contributed by atoms with Gasteiger partial charge in [-0.05, 0) is 41.9 Å². The van der Waals surface area contributed by atoms with Gasteiger partial charge in [-0.15, -0.1) is 11.3 Å². The van der Waals surface area contributed by atoms with Crippen LogP contribution >= 0.6 is 27.3 Å². The first kappa shape index (κ1) is 14.6. The van der Waals surface area contributed by atoms with Gasteiger partial charge in [0.1, 0.15) is 0 Å². The van der Waals surface area contributed by atoms with Gasteiger partial charge in [0, 0.05) is 27.3 Å². The zero-order chi connectivity index (χ0) is 13.7. The number of hydrogen-bond acceptors (Lipinski definition) is 4. The maximum absolute atomic E-state index is 4.50. The Labute approximate surface area is 126 Å². The Morgan fingerprint density at radius 3 is 2.79 bits per heavy atom. The lowest BCUT2D eigenvalue weighted by atomic mass is 10.1. The summed E-state index contributed by atoms with van der Waals surface area (Å²) in [4.78, 5) is 10.2. The first-order valence-corrected chi connectivity index (χ1v) is 8.11. The van der Waals surface area contributed by atoms with Crippen LogP contribution in [-0.2, 0) is 6.42 Å². The van der Waals surface area contributed by atoms with Crippen molar-refractivity contribution in [3.63, 3.8) is 0 Å². The van der Waals surface area contributed by atoms with Crippen molar-refractivity contribution in [2.24, 2.45) is 0 Å². The minimum Gasteiger partial charge on any atom is -0.308 e. The third kappa shape index (κ3) is 4.37. The highest BCUT2D eigenvalue weighted by atomic mass is 79.9. The van der Waals surface area contributed by atoms with E-state index < -0.39 is 0 Å². The van der Waals surface area contributed by atoms with Gasteiger partial charge < -0.3 is 5.32 Å². The summed E-state index contributed by atoms with van der Waals surface area (Å²) in [6.07, 6.45) is 5.78. The maximum Gasteiger partial charge on any atom is 0.0759 e. The fourth-order valence-electron chi connectivity index (χ4n) is 1.84. The van der Waals surface area contributed by atoms with Gasteiger partial charge in [-0.3, -0.25) is 9.97 Å². The molecule has 2 aromatic heterocycles. The summed E-state index contributed by atoms with van der Waals surface area (Å²) in [7, 11) is 0. The number of nitrogens with one attached hydrogen (secondary N) is 1. The summed E-state index contributed by atoms with van der Waals surface area (Å²) in [5.41, 5.74) is 1.97. The smallest absolute Gasteiger partial charge is 0.0759 e. The molecule has 0 spiro atoms. The monoisotopic (exact) mass is 339 g/mol. The Kier molecular flexibility index (Phi) is 5.48. The molecule has 0 amide bonds. The predicted octanol–water partition coefficient (Wildman–Crippen LogP) is 3.89. The molecule has 0 saturated heterocycles. The van der Waals surface area contributed by atoms with Crippen LogP contribution in [0.3, 0.4) is 0 Å². The molecule has 0 radical (unpaired) electrons. The van der Waals surface area contributed by atoms with Crippen molar-refractivity contribution >= 4 is 27.3 Å². The fourth-order valence-corrected chi connectivity index (χ4v) is 3.34. The number of aryl methyl sites for hydroxylation is 1. The SMILES string of the molecule is CCCNC(Cc1cc(Br)cs1)c1cnc(C)cn1. The van der Waals surface area contributed by atoms with Gasteiger partial charge >= 0.3 is 0 Å². The standard InChI is InChI=1S/C14H18BrN3S/c1-3-4-16-13(6-12-5-11(15)9-19-12)14-8-17-10(2)7-18-14/h5,7-9,13,16H,3-4,6H2,1-2H3. The molecule has 2 heterocycles. The molecule has 1 N–H and O–H groups in total. The van der Waals surface area contributed by atoms with Gasteiger partial charge in [0.25, 0.3) is 0 Å². The molecule has 0 bridgehead atoms. The fraction of sp³-hybridized carbons (Fsp3) is 0.429. The molecule has 0 aromatic carbocycles. The van der Waals surface area contributed by atoms with E-state index in [0.29, 0.717) is 0 Å². The number of halogens is 1. The van der Waals surface area contributed by atoms with Crippen LogP contribution in [0.1, 0.15) is 35.7 Å². The van der Waals surface area contributed by atoms with E-state index in [1.807, 2.05) is 19.3 Å². The van der Waals surface area contributed by atoms with E-state index in [9.17, 15) is 0 Å². The summed E-state index contributed by atoms with van der Waals surface area (Å²) >= 11 is 5.28. The van der Waals surface area contributed by atoms with E-state index >= 15 is 0 Å². The minimum absolute atomic E-state index is 0.235. The first-order chi connectivity index (χ1) is 9.19. The molecular formula is C14H18BrN3S. The molecule has 0 aliphatic rings. The van der Waals surface area contributed by atoms with E-state index in [0.717, 1.165) is 35.2 Å². The Balaban J connectivity index is 2.13. The Hall–Kier alpha value is -0.780. The highest BCUT2D eigenvalue weighted by Gasteiger charge is 2.14. The van der Waals surface area contributed by atoms with Crippen molar-refractivity contribution in [3.8, 4) is 0 Å². The Morgan fingerprint density at radius 2 is 2.21 bits per heavy atom. The van der Waals surface area contributed by atoms with Crippen LogP contribution in [0.5, 0.6) is 0 Å². The molecule has 0 saturated carbocycles. The van der Waals surface area contributed by atoms with Gasteiger partial charge in [-0.25, -0.2) is 0 Å². The molecule has 2 aromatic rings. The minimum atomic E-state index is 0.235. The van der Waals surface area contributed by atoms with Gasteiger partial charge in [0.15, 0.2) is 0 Å². The van der Waals surface area contributed by atoms with E-state index in [1.54, 1.807) is 11.3 Å². The van der Waals surface area contributed by atoms with Crippen molar-refractivity contribution in [1.82, 2.24) is 15.3 Å². The van der Waals surface area contributed by atoms with Crippen LogP contribution in [0.25, 0.3) is 0 Å². The highest BCUT2D eigenvalue weighted by Crippen LogP contribution is 2.24. The first-order valence-electron chi connectivity index (χ1n) is 6.44. The molecule has 1 unspecified atom stereocenters. The normalized spacial score (nSPS) is 12.6. The zero-order valence-corrected chi connectivity index (χ0v) is 13.6. The quantitative estimate of drug-likeness (QED) is 0.867. The lowest BCUT2D eigenvalue weighted by molar-refractivity contribution is 0.518. The molecule has 0 aliphatic carbocycles. The molecule has 102 valence electrons. The second kappa shape index (κ2) is 7.12. The van der Waals surface area contributed by atoms with Crippen LogP contribution in [0.15, 0.2) is 28.3 Å². The lowest BCUT2D eigenvalue weighted by Crippen LogP contribution is -2.25. The Morgan fingerprint density at radius 1 is 1.37 bits per heavy atom. The molecule has 2 rings (SSSR count). The van der Waals surface area contributed by atoms with Gasteiger partial charge in [-0.1, -0.05) is 6.92 Å². The van der Waals surface area contributed by atoms with Crippen molar-refractivity contribution in [1.29, 1.82) is 0 Å². The van der Waals surface area contributed by atoms with E-state index in [4.69, 9.17) is 0 Å². The molecule has 3 nitrogen and oxygen atoms in total. The van der Waals surface area contributed by atoms with Crippen LogP contribution in [-0.4, -0.2) is 16.5 Å². The van der Waals surface area contributed by atoms with Gasteiger partial charge in [-0.2, -0.15) is 0 Å². The lowest BCUT2D eigenvalue weighted by Gasteiger charge is -2.17. The number of nitrogens with zero attached hydrogens (tertiary/aromatic N) is 2. The van der Waals surface area contributed by atoms with Crippen LogP contribution in [0, 0.1) is 6.92 Å². The molecule has 0 fully saturated rings. The van der Waals surface area contributed by atoms with Crippen LogP contribution < -0.4 is 5.32 Å². The molecule has 19 heavy (non-hydrogen) atoms. The zero-order valence-electron chi connectivity index (χ0n) is 11.2. The number of hydrogen-bond donors (Lipinski definition) is 1. The second-order valence-electron chi connectivity index (χ2n) is 4.52. The average molecular weight is 340 g/mol. The number of rotatable bonds is 6. The van der Waals surface area contributed by atoms with Crippen molar-refractivity contribution in [2.75, 3.05) is 6.54 Å². The van der Waals surface area contributed by atoms with Crippen molar-refractivity contribution < 1.29 is 0 Å². The topological polar surface area (TPSA) is 37.8 Å². The van der Waals surface area contributed by atoms with E-state index in [1.165, 1.54) is 4.88 Å². The summed E-state index contributed by atoms with van der Waals surface area (Å²) < 4.78 is 1.15. The summed E-state index contributed by atoms with van der Waals surface area (Å²) in [5, 5.41) is 5.67. The second-order valence-corrected chi connectivity index (χ2v) is 6.44. The molecular weight excluding hydrogens is 322 g/mol. The maximum atomic E-state index is 4.50. The van der Waals surface area contributed by atoms with E-state index in [-0.39, 0.29) is 6.04 Å². The molecule has 1 atom stereocenters. The van der Waals surface area contributed by atoms with Gasteiger partial charge in [0.2, 0.25) is 0 Å². The third-order valence-electron chi connectivity index (χ3n) is 2.83. The highest BCUT2D eigenvalue weighted by molar-refractivity contribution is 9.10. The van der Waals surface area contributed by atoms with Gasteiger partial charge in [0.05, 0.1) is 23.6 Å². The third-order valence-corrected chi connectivity index (χ3v) is 4.55. The van der Waals surface area contributed by atoms with E-state index in [2.05, 4.69) is 49.6 Å². The van der Waals surface area contributed by atoms with Crippen LogP contribution in [0.4, 0.5) is 0 Å². The molecule has 5 heteroatoms. The summed E-state index contributed by atoms with van der Waals surface area (Å²) in [6, 6.07) is 2.41. The summed E-state index contributed by atoms with van der Waals surface area (Å²) in [5.74, 6) is 0. The van der Waals surface area contributed by atoms with Crippen molar-refractivity contribution in [3.05, 3.63) is 44.6 Å². The largest absolute Gasteiger partial charge is 0.308 e. The molecule has 0 aliphatic heterocycles. The number of aromatic nitrogens is 2. The Bertz CT molecular complexity index is 510. The van der Waals surface area contributed by atoms with Crippen molar-refractivity contribution in [2.45, 2.75) is 32.7 Å². The summed E-state index contributed by atoms with van der Waals surface area (Å²) in [6.45, 7) is 5.13.